The molecule has 0 radical (unpaired) electrons. The Kier molecular flexibility index (Phi) is 5.05. The zero-order valence-corrected chi connectivity index (χ0v) is 10.6. The van der Waals surface area contributed by atoms with Crippen LogP contribution < -0.4 is 5.73 Å². The molecule has 0 aromatic heterocycles. The third-order valence-electron chi connectivity index (χ3n) is 2.56. The standard InChI is InChI=1S/C9H16N2O6S/c10-9(14)7-6-17-4-3-11(7)18(15,16)5-1-2-8(12)13/h7H,1-6H2,(H2,10,14)(H,12,13). The van der Waals surface area contributed by atoms with Crippen LogP contribution in [-0.2, 0) is 24.3 Å². The first kappa shape index (κ1) is 14.9. The lowest BCUT2D eigenvalue weighted by atomic mass is 10.3. The van der Waals surface area contributed by atoms with Crippen molar-refractivity contribution in [3.63, 3.8) is 0 Å². The second-order valence-electron chi connectivity index (χ2n) is 3.92. The number of nitrogens with two attached hydrogens (primary N) is 1. The first-order chi connectivity index (χ1) is 8.34. The minimum Gasteiger partial charge on any atom is -0.481 e. The van der Waals surface area contributed by atoms with E-state index in [0.29, 0.717) is 0 Å². The summed E-state index contributed by atoms with van der Waals surface area (Å²) in [5.74, 6) is -2.14. The highest BCUT2D eigenvalue weighted by atomic mass is 32.2. The molecule has 3 N–H and O–H groups in total. The van der Waals surface area contributed by atoms with Gasteiger partial charge in [0.05, 0.1) is 19.0 Å². The predicted molar refractivity (Wildman–Crippen MR) is 61.2 cm³/mol. The second kappa shape index (κ2) is 6.12. The van der Waals surface area contributed by atoms with Crippen molar-refractivity contribution < 1.29 is 27.9 Å². The molecule has 104 valence electrons. The second-order valence-corrected chi connectivity index (χ2v) is 5.96. The molecule has 0 bridgehead atoms. The summed E-state index contributed by atoms with van der Waals surface area (Å²) >= 11 is 0. The van der Waals surface area contributed by atoms with Crippen LogP contribution in [0.1, 0.15) is 12.8 Å². The van der Waals surface area contributed by atoms with E-state index in [1.54, 1.807) is 0 Å². The molecule has 0 spiro atoms. The van der Waals surface area contributed by atoms with Gasteiger partial charge in [-0.2, -0.15) is 4.31 Å². The van der Waals surface area contributed by atoms with E-state index in [0.717, 1.165) is 4.31 Å². The van der Waals surface area contributed by atoms with Crippen molar-refractivity contribution in [2.24, 2.45) is 5.73 Å². The largest absolute Gasteiger partial charge is 0.481 e. The third-order valence-corrected chi connectivity index (χ3v) is 4.51. The van der Waals surface area contributed by atoms with Gasteiger partial charge in [-0.05, 0) is 6.42 Å². The number of hydrogen-bond acceptors (Lipinski definition) is 5. The Hall–Kier alpha value is -1.19. The number of carbonyl (C=O) groups excluding carboxylic acids is 1. The number of carbonyl (C=O) groups is 2. The van der Waals surface area contributed by atoms with Gasteiger partial charge in [0.15, 0.2) is 0 Å². The molecule has 1 aliphatic heterocycles. The molecule has 1 rings (SSSR count). The van der Waals surface area contributed by atoms with E-state index in [1.165, 1.54) is 0 Å². The number of amides is 1. The van der Waals surface area contributed by atoms with Gasteiger partial charge in [0.2, 0.25) is 15.9 Å². The van der Waals surface area contributed by atoms with Crippen LogP contribution in [0.3, 0.4) is 0 Å². The van der Waals surface area contributed by atoms with Crippen LogP contribution >= 0.6 is 0 Å². The summed E-state index contributed by atoms with van der Waals surface area (Å²) < 4.78 is 29.9. The first-order valence-electron chi connectivity index (χ1n) is 5.43. The van der Waals surface area contributed by atoms with Crippen LogP contribution in [0.2, 0.25) is 0 Å². The molecule has 0 saturated carbocycles. The smallest absolute Gasteiger partial charge is 0.303 e. The van der Waals surface area contributed by atoms with Crippen LogP contribution in [0.5, 0.6) is 0 Å². The summed E-state index contributed by atoms with van der Waals surface area (Å²) in [6.07, 6.45) is -0.231. The van der Waals surface area contributed by atoms with Crippen LogP contribution in [0.4, 0.5) is 0 Å². The molecular formula is C9H16N2O6S. The predicted octanol–water partition coefficient (Wildman–Crippen LogP) is -1.63. The SMILES string of the molecule is NC(=O)C1COCCN1S(=O)(=O)CCCC(=O)O. The van der Waals surface area contributed by atoms with E-state index < -0.39 is 27.9 Å². The fraction of sp³-hybridized carbons (Fsp3) is 0.778. The Labute approximate surface area is 105 Å². The Morgan fingerprint density at radius 2 is 2.11 bits per heavy atom. The lowest BCUT2D eigenvalue weighted by Crippen LogP contribution is -2.55. The van der Waals surface area contributed by atoms with Crippen LogP contribution in [0.25, 0.3) is 0 Å². The zero-order chi connectivity index (χ0) is 13.8. The molecule has 9 heteroatoms. The number of hydrogen-bond donors (Lipinski definition) is 2. The average Bonchev–Trinajstić information content (AvgIpc) is 2.28. The first-order valence-corrected chi connectivity index (χ1v) is 7.04. The van der Waals surface area contributed by atoms with E-state index >= 15 is 0 Å². The van der Waals surface area contributed by atoms with Crippen molar-refractivity contribution >= 4 is 21.9 Å². The summed E-state index contributed by atoms with van der Waals surface area (Å²) in [6, 6.07) is -1.01. The van der Waals surface area contributed by atoms with Gasteiger partial charge in [0.1, 0.15) is 6.04 Å². The minimum atomic E-state index is -3.68. The number of ether oxygens (including phenoxy) is 1. The maximum absolute atomic E-state index is 12.0. The Morgan fingerprint density at radius 1 is 1.44 bits per heavy atom. The number of aliphatic carboxylic acids is 1. The van der Waals surface area contributed by atoms with Crippen molar-refractivity contribution in [3.05, 3.63) is 0 Å². The highest BCUT2D eigenvalue weighted by molar-refractivity contribution is 7.89. The number of sulfonamides is 1. The van der Waals surface area contributed by atoms with Gasteiger partial charge in [-0.3, -0.25) is 9.59 Å². The number of nitrogens with zero attached hydrogens (tertiary/aromatic N) is 1. The van der Waals surface area contributed by atoms with Gasteiger partial charge < -0.3 is 15.6 Å². The molecule has 1 saturated heterocycles. The lowest BCUT2D eigenvalue weighted by Gasteiger charge is -2.32. The van der Waals surface area contributed by atoms with Gasteiger partial charge in [0, 0.05) is 13.0 Å². The quantitative estimate of drug-likeness (QED) is 0.601. The van der Waals surface area contributed by atoms with Gasteiger partial charge >= 0.3 is 5.97 Å². The third kappa shape index (κ3) is 3.93. The monoisotopic (exact) mass is 280 g/mol. The molecule has 18 heavy (non-hydrogen) atoms. The van der Waals surface area contributed by atoms with Gasteiger partial charge in [0.25, 0.3) is 0 Å². The number of morpholine rings is 1. The van der Waals surface area contributed by atoms with Crippen molar-refractivity contribution in [3.8, 4) is 0 Å². The minimum absolute atomic E-state index is 0.000502. The molecule has 1 aliphatic rings. The van der Waals surface area contributed by atoms with Crippen LogP contribution in [0.15, 0.2) is 0 Å². The molecule has 1 heterocycles. The topological polar surface area (TPSA) is 127 Å². The van der Waals surface area contributed by atoms with E-state index in [4.69, 9.17) is 15.6 Å². The summed E-state index contributed by atoms with van der Waals surface area (Å²) in [4.78, 5) is 21.5. The van der Waals surface area contributed by atoms with E-state index in [-0.39, 0.29) is 38.4 Å². The van der Waals surface area contributed by atoms with Crippen molar-refractivity contribution in [1.82, 2.24) is 4.31 Å². The van der Waals surface area contributed by atoms with E-state index in [9.17, 15) is 18.0 Å². The number of carboxylic acids is 1. The van der Waals surface area contributed by atoms with Crippen LogP contribution in [-0.4, -0.2) is 61.3 Å². The molecular weight excluding hydrogens is 264 g/mol. The van der Waals surface area contributed by atoms with Gasteiger partial charge in [-0.1, -0.05) is 0 Å². The van der Waals surface area contributed by atoms with Crippen molar-refractivity contribution in [2.45, 2.75) is 18.9 Å². The summed E-state index contributed by atoms with van der Waals surface area (Å²) in [6.45, 7) is 0.193. The number of rotatable bonds is 6. The summed E-state index contributed by atoms with van der Waals surface area (Å²) in [7, 11) is -3.68. The Morgan fingerprint density at radius 3 is 2.67 bits per heavy atom. The highest BCUT2D eigenvalue weighted by Gasteiger charge is 2.35. The fourth-order valence-corrected chi connectivity index (χ4v) is 3.32. The molecule has 0 aromatic carbocycles. The van der Waals surface area contributed by atoms with Crippen LogP contribution in [0, 0.1) is 0 Å². The molecule has 0 aromatic rings. The Bertz CT molecular complexity index is 421. The fourth-order valence-electron chi connectivity index (χ4n) is 1.67. The number of primary amides is 1. The summed E-state index contributed by atoms with van der Waals surface area (Å²) in [5, 5.41) is 8.46. The zero-order valence-electron chi connectivity index (χ0n) is 9.74. The number of carboxylic acid groups (broad SMARTS) is 1. The molecule has 1 fully saturated rings. The Balaban J connectivity index is 2.69. The lowest BCUT2D eigenvalue weighted by molar-refractivity contribution is -0.137. The summed E-state index contributed by atoms with van der Waals surface area (Å²) in [5.41, 5.74) is 5.11. The molecule has 8 nitrogen and oxygen atoms in total. The van der Waals surface area contributed by atoms with E-state index in [2.05, 4.69) is 0 Å². The van der Waals surface area contributed by atoms with Crippen molar-refractivity contribution in [1.29, 1.82) is 0 Å². The molecule has 1 amide bonds. The highest BCUT2D eigenvalue weighted by Crippen LogP contribution is 2.14. The normalized spacial score (nSPS) is 21.7. The molecule has 1 atom stereocenters. The van der Waals surface area contributed by atoms with Gasteiger partial charge in [-0.15, -0.1) is 0 Å². The van der Waals surface area contributed by atoms with Gasteiger partial charge in [-0.25, -0.2) is 8.42 Å². The van der Waals surface area contributed by atoms with Crippen molar-refractivity contribution in [2.75, 3.05) is 25.5 Å². The maximum atomic E-state index is 12.0. The average molecular weight is 280 g/mol. The maximum Gasteiger partial charge on any atom is 0.303 e. The van der Waals surface area contributed by atoms with E-state index in [1.807, 2.05) is 0 Å². The molecule has 0 aliphatic carbocycles. The molecule has 1 unspecified atom stereocenters.